The van der Waals surface area contributed by atoms with Crippen molar-refractivity contribution >= 4 is 5.91 Å². The number of carbonyl (C=O) groups is 1. The second kappa shape index (κ2) is 6.01. The van der Waals surface area contributed by atoms with E-state index in [4.69, 9.17) is 0 Å². The van der Waals surface area contributed by atoms with Gasteiger partial charge in [-0.15, -0.1) is 0 Å². The van der Waals surface area contributed by atoms with E-state index in [0.717, 1.165) is 19.4 Å². The van der Waals surface area contributed by atoms with Crippen molar-refractivity contribution < 1.29 is 4.79 Å². The van der Waals surface area contributed by atoms with E-state index in [0.29, 0.717) is 5.92 Å². The molecule has 0 aromatic heterocycles. The monoisotopic (exact) mass is 246 g/mol. The van der Waals surface area contributed by atoms with Gasteiger partial charge in [-0.2, -0.15) is 0 Å². The lowest BCUT2D eigenvalue weighted by Gasteiger charge is -2.31. The molecule has 1 aromatic carbocycles. The third-order valence-corrected chi connectivity index (χ3v) is 3.31. The second-order valence-corrected chi connectivity index (χ2v) is 5.49. The minimum absolute atomic E-state index is 0.0872. The van der Waals surface area contributed by atoms with Crippen molar-refractivity contribution in [2.24, 2.45) is 5.92 Å². The summed E-state index contributed by atoms with van der Waals surface area (Å²) in [5.74, 6) is 0.749. The van der Waals surface area contributed by atoms with Gasteiger partial charge in [-0.05, 0) is 24.3 Å². The molecule has 2 rings (SSSR count). The fraction of sp³-hybridized carbons (Fsp3) is 0.533. The fourth-order valence-electron chi connectivity index (χ4n) is 2.46. The van der Waals surface area contributed by atoms with E-state index in [1.54, 1.807) is 0 Å². The summed E-state index contributed by atoms with van der Waals surface area (Å²) < 4.78 is 0. The molecule has 1 amide bonds. The first-order valence-corrected chi connectivity index (χ1v) is 6.73. The fourth-order valence-corrected chi connectivity index (χ4v) is 2.46. The lowest BCUT2D eigenvalue weighted by molar-refractivity contribution is -0.125. The van der Waals surface area contributed by atoms with Crippen LogP contribution in [0, 0.1) is 5.92 Å². The first kappa shape index (κ1) is 13.1. The number of hydrogen-bond donors (Lipinski definition) is 2. The van der Waals surface area contributed by atoms with Gasteiger partial charge < -0.3 is 10.6 Å². The maximum absolute atomic E-state index is 12.0. The van der Waals surface area contributed by atoms with E-state index in [9.17, 15) is 4.79 Å². The van der Waals surface area contributed by atoms with Crippen LogP contribution < -0.4 is 10.6 Å². The Morgan fingerprint density at radius 2 is 2.00 bits per heavy atom. The van der Waals surface area contributed by atoms with Gasteiger partial charge in [-0.25, -0.2) is 0 Å². The molecule has 1 saturated heterocycles. The highest BCUT2D eigenvalue weighted by atomic mass is 16.2. The highest BCUT2D eigenvalue weighted by Crippen LogP contribution is 2.10. The molecular formula is C15H22N2O. The van der Waals surface area contributed by atoms with Crippen LogP contribution in [0.4, 0.5) is 0 Å². The van der Waals surface area contributed by atoms with Crippen LogP contribution in [0.2, 0.25) is 0 Å². The Bertz CT molecular complexity index is 389. The molecule has 2 atom stereocenters. The van der Waals surface area contributed by atoms with E-state index in [1.807, 2.05) is 18.2 Å². The smallest absolute Gasteiger partial charge is 0.237 e. The number of benzene rings is 1. The quantitative estimate of drug-likeness (QED) is 0.849. The van der Waals surface area contributed by atoms with Gasteiger partial charge in [0, 0.05) is 12.6 Å². The predicted molar refractivity (Wildman–Crippen MR) is 73.3 cm³/mol. The molecule has 2 N–H and O–H groups in total. The largest absolute Gasteiger partial charge is 0.351 e. The highest BCUT2D eigenvalue weighted by Gasteiger charge is 2.27. The Balaban J connectivity index is 1.88. The summed E-state index contributed by atoms with van der Waals surface area (Å²) in [7, 11) is 0. The van der Waals surface area contributed by atoms with E-state index in [1.165, 1.54) is 5.56 Å². The van der Waals surface area contributed by atoms with Crippen molar-refractivity contribution in [2.45, 2.75) is 38.8 Å². The second-order valence-electron chi connectivity index (χ2n) is 5.49. The minimum atomic E-state index is -0.0872. The maximum atomic E-state index is 12.0. The molecule has 1 aromatic rings. The third kappa shape index (κ3) is 3.57. The van der Waals surface area contributed by atoms with Gasteiger partial charge in [0.1, 0.15) is 0 Å². The van der Waals surface area contributed by atoms with Gasteiger partial charge in [0.15, 0.2) is 0 Å². The molecule has 18 heavy (non-hydrogen) atoms. The van der Waals surface area contributed by atoms with Crippen molar-refractivity contribution in [3.8, 4) is 0 Å². The Kier molecular flexibility index (Phi) is 4.37. The molecule has 3 heteroatoms. The van der Waals surface area contributed by atoms with Gasteiger partial charge in [-0.1, -0.05) is 44.2 Å². The summed E-state index contributed by atoms with van der Waals surface area (Å²) in [4.78, 5) is 12.0. The molecule has 0 radical (unpaired) electrons. The summed E-state index contributed by atoms with van der Waals surface area (Å²) in [5, 5.41) is 6.48. The van der Waals surface area contributed by atoms with Crippen LogP contribution in [0.3, 0.4) is 0 Å². The van der Waals surface area contributed by atoms with Gasteiger partial charge in [-0.3, -0.25) is 4.79 Å². The average Bonchev–Trinajstić information content (AvgIpc) is 2.33. The molecule has 1 fully saturated rings. The molecule has 3 nitrogen and oxygen atoms in total. The SMILES string of the molecule is CC(C)C[C@H]1CN[C@@H](Cc2ccccc2)C(=O)N1. The molecule has 1 heterocycles. The first-order chi connectivity index (χ1) is 8.65. The summed E-state index contributed by atoms with van der Waals surface area (Å²) in [5.41, 5.74) is 1.20. The zero-order valence-corrected chi connectivity index (χ0v) is 11.1. The zero-order chi connectivity index (χ0) is 13.0. The van der Waals surface area contributed by atoms with Crippen molar-refractivity contribution in [2.75, 3.05) is 6.54 Å². The topological polar surface area (TPSA) is 41.1 Å². The summed E-state index contributed by atoms with van der Waals surface area (Å²) in [6.07, 6.45) is 1.80. The van der Waals surface area contributed by atoms with Crippen LogP contribution in [0.15, 0.2) is 30.3 Å². The molecule has 0 aliphatic carbocycles. The van der Waals surface area contributed by atoms with Crippen LogP contribution in [0.5, 0.6) is 0 Å². The van der Waals surface area contributed by atoms with Gasteiger partial charge in [0.2, 0.25) is 5.91 Å². The summed E-state index contributed by atoms with van der Waals surface area (Å²) >= 11 is 0. The predicted octanol–water partition coefficient (Wildman–Crippen LogP) is 1.73. The maximum Gasteiger partial charge on any atom is 0.237 e. The molecule has 1 aliphatic heterocycles. The van der Waals surface area contributed by atoms with Crippen molar-refractivity contribution in [1.29, 1.82) is 0 Å². The first-order valence-electron chi connectivity index (χ1n) is 6.73. The molecule has 0 saturated carbocycles. The van der Waals surface area contributed by atoms with Crippen LogP contribution in [0.1, 0.15) is 25.8 Å². The van der Waals surface area contributed by atoms with Gasteiger partial charge in [0.05, 0.1) is 6.04 Å². The lowest BCUT2D eigenvalue weighted by atomic mass is 9.98. The normalized spacial score (nSPS) is 24.1. The number of rotatable bonds is 4. The molecule has 0 unspecified atom stereocenters. The van der Waals surface area contributed by atoms with E-state index in [-0.39, 0.29) is 18.0 Å². The summed E-state index contributed by atoms with van der Waals surface area (Å²) in [6, 6.07) is 10.3. The van der Waals surface area contributed by atoms with E-state index < -0.39 is 0 Å². The van der Waals surface area contributed by atoms with Gasteiger partial charge >= 0.3 is 0 Å². The molecule has 0 spiro atoms. The Hall–Kier alpha value is -1.35. The number of amides is 1. The Labute approximate surface area is 109 Å². The number of hydrogen-bond acceptors (Lipinski definition) is 2. The van der Waals surface area contributed by atoms with Crippen molar-refractivity contribution in [1.82, 2.24) is 10.6 Å². The molecule has 0 bridgehead atoms. The molecular weight excluding hydrogens is 224 g/mol. The van der Waals surface area contributed by atoms with Gasteiger partial charge in [0.25, 0.3) is 0 Å². The van der Waals surface area contributed by atoms with Crippen LogP contribution >= 0.6 is 0 Å². The van der Waals surface area contributed by atoms with Crippen LogP contribution in [-0.4, -0.2) is 24.5 Å². The lowest BCUT2D eigenvalue weighted by Crippen LogP contribution is -2.59. The Morgan fingerprint density at radius 1 is 1.28 bits per heavy atom. The molecule has 1 aliphatic rings. The van der Waals surface area contributed by atoms with E-state index in [2.05, 4.69) is 36.6 Å². The summed E-state index contributed by atoms with van der Waals surface area (Å²) in [6.45, 7) is 5.24. The van der Waals surface area contributed by atoms with Crippen LogP contribution in [-0.2, 0) is 11.2 Å². The number of carbonyl (C=O) groups excluding carboxylic acids is 1. The van der Waals surface area contributed by atoms with Crippen LogP contribution in [0.25, 0.3) is 0 Å². The number of piperazine rings is 1. The average molecular weight is 246 g/mol. The third-order valence-electron chi connectivity index (χ3n) is 3.31. The van der Waals surface area contributed by atoms with E-state index >= 15 is 0 Å². The standard InChI is InChI=1S/C15H22N2O/c1-11(2)8-13-10-16-14(15(18)17-13)9-12-6-4-3-5-7-12/h3-7,11,13-14,16H,8-10H2,1-2H3,(H,17,18)/t13-,14-/m0/s1. The number of nitrogens with one attached hydrogen (secondary N) is 2. The minimum Gasteiger partial charge on any atom is -0.351 e. The van der Waals surface area contributed by atoms with Crippen molar-refractivity contribution in [3.05, 3.63) is 35.9 Å². The van der Waals surface area contributed by atoms with Crippen molar-refractivity contribution in [3.63, 3.8) is 0 Å². The highest BCUT2D eigenvalue weighted by molar-refractivity contribution is 5.83. The molecule has 98 valence electrons. The Morgan fingerprint density at radius 3 is 2.61 bits per heavy atom. The zero-order valence-electron chi connectivity index (χ0n) is 11.1.